The maximum atomic E-state index is 12.9. The Morgan fingerprint density at radius 2 is 2.00 bits per heavy atom. The molecule has 7 heteroatoms. The third-order valence-electron chi connectivity index (χ3n) is 4.43. The normalized spacial score (nSPS) is 16.8. The first-order chi connectivity index (χ1) is 11.4. The summed E-state index contributed by atoms with van der Waals surface area (Å²) < 4.78 is 8.07. The molecule has 1 amide bonds. The van der Waals surface area contributed by atoms with Gasteiger partial charge in [0, 0.05) is 24.7 Å². The van der Waals surface area contributed by atoms with Crippen LogP contribution in [0, 0.1) is 0 Å². The molecular weight excluding hydrogens is 415 g/mol. The molecular formula is C17H17BrCl2N2O2. The number of aromatic nitrogens is 1. The van der Waals surface area contributed by atoms with Crippen LogP contribution in [-0.2, 0) is 17.3 Å². The van der Waals surface area contributed by atoms with Gasteiger partial charge in [0.2, 0.25) is 0 Å². The molecule has 3 rings (SSSR count). The SMILES string of the molecule is Cn1c(C(=O)NC2(c3cccc(Br)c3)CCOCC2)cc(Cl)c1Cl. The van der Waals surface area contributed by atoms with Crippen molar-refractivity contribution in [2.45, 2.75) is 18.4 Å². The molecule has 4 nitrogen and oxygen atoms in total. The fourth-order valence-corrected chi connectivity index (χ4v) is 3.81. The van der Waals surface area contributed by atoms with Crippen LogP contribution in [0.2, 0.25) is 10.2 Å². The predicted octanol–water partition coefficient (Wildman–Crippen LogP) is 4.53. The molecule has 0 atom stereocenters. The highest BCUT2D eigenvalue weighted by Gasteiger charge is 2.37. The molecule has 0 saturated carbocycles. The quantitative estimate of drug-likeness (QED) is 0.775. The van der Waals surface area contributed by atoms with E-state index in [1.54, 1.807) is 17.7 Å². The third-order valence-corrected chi connectivity index (χ3v) is 5.76. The number of nitrogens with one attached hydrogen (secondary N) is 1. The first-order valence-corrected chi connectivity index (χ1v) is 9.15. The molecule has 0 spiro atoms. The highest BCUT2D eigenvalue weighted by molar-refractivity contribution is 9.10. The van der Waals surface area contributed by atoms with Gasteiger partial charge in [0.1, 0.15) is 10.8 Å². The molecule has 0 radical (unpaired) electrons. The third kappa shape index (κ3) is 3.36. The average Bonchev–Trinajstić information content (AvgIpc) is 2.83. The summed E-state index contributed by atoms with van der Waals surface area (Å²) in [5, 5.41) is 3.92. The van der Waals surface area contributed by atoms with E-state index in [0.717, 1.165) is 10.0 Å². The van der Waals surface area contributed by atoms with Gasteiger partial charge in [-0.2, -0.15) is 0 Å². The van der Waals surface area contributed by atoms with Crippen LogP contribution in [0.5, 0.6) is 0 Å². The van der Waals surface area contributed by atoms with Crippen LogP contribution in [0.25, 0.3) is 0 Å². The molecule has 1 aliphatic rings. The molecule has 0 bridgehead atoms. The van der Waals surface area contributed by atoms with E-state index in [4.69, 9.17) is 27.9 Å². The number of hydrogen-bond donors (Lipinski definition) is 1. The second kappa shape index (κ2) is 7.08. The smallest absolute Gasteiger partial charge is 0.268 e. The van der Waals surface area contributed by atoms with Crippen LogP contribution in [-0.4, -0.2) is 23.7 Å². The van der Waals surface area contributed by atoms with Crippen molar-refractivity contribution in [2.75, 3.05) is 13.2 Å². The van der Waals surface area contributed by atoms with Crippen molar-refractivity contribution in [3.8, 4) is 0 Å². The van der Waals surface area contributed by atoms with Crippen molar-refractivity contribution in [1.29, 1.82) is 0 Å². The zero-order valence-corrected chi connectivity index (χ0v) is 16.2. The van der Waals surface area contributed by atoms with Gasteiger partial charge in [-0.3, -0.25) is 4.79 Å². The highest BCUT2D eigenvalue weighted by Crippen LogP contribution is 2.34. The summed E-state index contributed by atoms with van der Waals surface area (Å²) in [5.74, 6) is -0.201. The molecule has 24 heavy (non-hydrogen) atoms. The van der Waals surface area contributed by atoms with Gasteiger partial charge in [-0.1, -0.05) is 51.3 Å². The minimum Gasteiger partial charge on any atom is -0.381 e. The largest absolute Gasteiger partial charge is 0.381 e. The van der Waals surface area contributed by atoms with Gasteiger partial charge < -0.3 is 14.6 Å². The van der Waals surface area contributed by atoms with Crippen LogP contribution >= 0.6 is 39.1 Å². The highest BCUT2D eigenvalue weighted by atomic mass is 79.9. The first kappa shape index (κ1) is 17.8. The van der Waals surface area contributed by atoms with Gasteiger partial charge in [0.05, 0.1) is 10.6 Å². The molecule has 1 aromatic heterocycles. The lowest BCUT2D eigenvalue weighted by Gasteiger charge is -2.38. The lowest BCUT2D eigenvalue weighted by atomic mass is 9.82. The number of carbonyl (C=O) groups is 1. The van der Waals surface area contributed by atoms with E-state index < -0.39 is 5.54 Å². The molecule has 0 unspecified atom stereocenters. The van der Waals surface area contributed by atoms with Crippen LogP contribution in [0.4, 0.5) is 0 Å². The van der Waals surface area contributed by atoms with E-state index in [9.17, 15) is 4.79 Å². The number of ether oxygens (including phenoxy) is 1. The Morgan fingerprint density at radius 1 is 1.29 bits per heavy atom. The Bertz CT molecular complexity index is 770. The zero-order valence-electron chi connectivity index (χ0n) is 13.1. The summed E-state index contributed by atoms with van der Waals surface area (Å²) in [7, 11) is 1.72. The van der Waals surface area contributed by atoms with Gasteiger partial charge in [-0.05, 0) is 36.6 Å². The summed E-state index contributed by atoms with van der Waals surface area (Å²) in [6.07, 6.45) is 1.42. The molecule has 2 heterocycles. The number of nitrogens with zero attached hydrogens (tertiary/aromatic N) is 1. The van der Waals surface area contributed by atoms with Crippen molar-refractivity contribution in [2.24, 2.45) is 7.05 Å². The minimum absolute atomic E-state index is 0.201. The Kier molecular flexibility index (Phi) is 5.25. The number of carbonyl (C=O) groups excluding carboxylic acids is 1. The number of benzene rings is 1. The standard InChI is InChI=1S/C17H17BrCl2N2O2/c1-22-14(10-13(19)15(22)20)16(23)21-17(5-7-24-8-6-17)11-3-2-4-12(18)9-11/h2-4,9-10H,5-8H2,1H3,(H,21,23). The van der Waals surface area contributed by atoms with Crippen LogP contribution in [0.15, 0.2) is 34.8 Å². The zero-order chi connectivity index (χ0) is 17.3. The van der Waals surface area contributed by atoms with E-state index in [0.29, 0.717) is 41.9 Å². The summed E-state index contributed by atoms with van der Waals surface area (Å²) in [6.45, 7) is 1.20. The summed E-state index contributed by atoms with van der Waals surface area (Å²) in [5.41, 5.74) is 1.02. The van der Waals surface area contributed by atoms with Gasteiger partial charge in [0.25, 0.3) is 5.91 Å². The Morgan fingerprint density at radius 3 is 2.58 bits per heavy atom. The van der Waals surface area contributed by atoms with Crippen molar-refractivity contribution in [3.05, 3.63) is 56.2 Å². The van der Waals surface area contributed by atoms with E-state index in [-0.39, 0.29) is 5.91 Å². The number of hydrogen-bond acceptors (Lipinski definition) is 2. The summed E-state index contributed by atoms with van der Waals surface area (Å²) in [4.78, 5) is 12.9. The van der Waals surface area contributed by atoms with Crippen molar-refractivity contribution in [3.63, 3.8) is 0 Å². The molecule has 1 aliphatic heterocycles. The Labute approximate surface area is 159 Å². The van der Waals surface area contributed by atoms with E-state index in [2.05, 4.69) is 21.2 Å². The van der Waals surface area contributed by atoms with E-state index >= 15 is 0 Å². The van der Waals surface area contributed by atoms with Crippen molar-refractivity contribution < 1.29 is 9.53 Å². The molecule has 128 valence electrons. The number of amides is 1. The molecule has 1 saturated heterocycles. The van der Waals surface area contributed by atoms with Crippen LogP contribution < -0.4 is 5.32 Å². The Hall–Kier alpha value is -1.01. The maximum absolute atomic E-state index is 12.9. The molecule has 1 aromatic carbocycles. The van der Waals surface area contributed by atoms with Gasteiger partial charge in [-0.15, -0.1) is 0 Å². The fourth-order valence-electron chi connectivity index (χ4n) is 3.03. The lowest BCUT2D eigenvalue weighted by molar-refractivity contribution is 0.0343. The average molecular weight is 432 g/mol. The molecule has 2 aromatic rings. The predicted molar refractivity (Wildman–Crippen MR) is 98.8 cm³/mol. The molecule has 1 N–H and O–H groups in total. The number of rotatable bonds is 3. The van der Waals surface area contributed by atoms with Crippen LogP contribution in [0.3, 0.4) is 0 Å². The summed E-state index contributed by atoms with van der Waals surface area (Å²) >= 11 is 15.6. The van der Waals surface area contributed by atoms with Gasteiger partial charge in [0.15, 0.2) is 0 Å². The van der Waals surface area contributed by atoms with E-state index in [1.165, 1.54) is 0 Å². The van der Waals surface area contributed by atoms with Gasteiger partial charge in [-0.25, -0.2) is 0 Å². The van der Waals surface area contributed by atoms with Crippen molar-refractivity contribution in [1.82, 2.24) is 9.88 Å². The topological polar surface area (TPSA) is 43.3 Å². The first-order valence-electron chi connectivity index (χ1n) is 7.60. The molecule has 0 aliphatic carbocycles. The van der Waals surface area contributed by atoms with Crippen LogP contribution in [0.1, 0.15) is 28.9 Å². The van der Waals surface area contributed by atoms with E-state index in [1.807, 2.05) is 24.3 Å². The van der Waals surface area contributed by atoms with Gasteiger partial charge >= 0.3 is 0 Å². The monoisotopic (exact) mass is 430 g/mol. The maximum Gasteiger partial charge on any atom is 0.268 e. The fraction of sp³-hybridized carbons (Fsp3) is 0.353. The lowest BCUT2D eigenvalue weighted by Crippen LogP contribution is -2.49. The Balaban J connectivity index is 1.95. The minimum atomic E-state index is -0.470. The second-order valence-corrected chi connectivity index (χ2v) is 7.57. The molecule has 1 fully saturated rings. The second-order valence-electron chi connectivity index (χ2n) is 5.89. The van der Waals surface area contributed by atoms with Crippen molar-refractivity contribution >= 4 is 45.0 Å². The summed E-state index contributed by atoms with van der Waals surface area (Å²) in [6, 6.07) is 9.60. The number of halogens is 3.